The first-order chi connectivity index (χ1) is 16.0. The molecule has 3 heterocycles. The van der Waals surface area contributed by atoms with Crippen molar-refractivity contribution in [2.24, 2.45) is 15.9 Å². The Kier molecular flexibility index (Phi) is 7.79. The van der Waals surface area contributed by atoms with Crippen LogP contribution in [0.15, 0.2) is 57.2 Å². The highest BCUT2D eigenvalue weighted by Crippen LogP contribution is 2.30. The molecule has 1 aromatic carbocycles. The van der Waals surface area contributed by atoms with Gasteiger partial charge < -0.3 is 9.64 Å². The third-order valence-electron chi connectivity index (χ3n) is 7.01. The molecule has 3 aliphatic rings. The Morgan fingerprint density at radius 3 is 2.67 bits per heavy atom. The van der Waals surface area contributed by atoms with Gasteiger partial charge in [0.15, 0.2) is 0 Å². The van der Waals surface area contributed by atoms with Crippen LogP contribution in [0, 0.1) is 5.92 Å². The maximum atomic E-state index is 12.7. The predicted octanol–water partition coefficient (Wildman–Crippen LogP) is 6.17. The van der Waals surface area contributed by atoms with Crippen LogP contribution < -0.4 is 0 Å². The van der Waals surface area contributed by atoms with Crippen LogP contribution >= 0.6 is 0 Å². The van der Waals surface area contributed by atoms with E-state index < -0.39 is 0 Å². The molecule has 0 bridgehead atoms. The number of ether oxygens (including phenoxy) is 1. The molecule has 1 fully saturated rings. The lowest BCUT2D eigenvalue weighted by Gasteiger charge is -2.27. The second-order valence-corrected chi connectivity index (χ2v) is 9.56. The summed E-state index contributed by atoms with van der Waals surface area (Å²) in [6.45, 7) is 9.02. The summed E-state index contributed by atoms with van der Waals surface area (Å²) in [5.41, 5.74) is 6.75. The minimum absolute atomic E-state index is 0.160. The van der Waals surface area contributed by atoms with Gasteiger partial charge in [-0.25, -0.2) is 9.98 Å². The number of hydrogen-bond acceptors (Lipinski definition) is 4. The zero-order valence-corrected chi connectivity index (χ0v) is 20.4. The molecule has 176 valence electrons. The number of nitrogens with zero attached hydrogens (tertiary/aromatic N) is 3. The van der Waals surface area contributed by atoms with E-state index >= 15 is 0 Å². The molecule has 3 aliphatic heterocycles. The van der Waals surface area contributed by atoms with E-state index in [1.807, 2.05) is 6.07 Å². The molecule has 1 atom stereocenters. The van der Waals surface area contributed by atoms with Gasteiger partial charge in [0.1, 0.15) is 6.61 Å². The highest BCUT2D eigenvalue weighted by Gasteiger charge is 2.24. The Balaban J connectivity index is 1.56. The standard InChI is InChI=1S/C28H37N3O2/c1-4-9-24-20(2)12-14-22-10-5-6-11-25(22)30-28(24)33-19-23-15-13-21(3)26(18-27(32)29-23)31-16-7-8-17-31/h5-6,10-11,18,21H,4,7-9,12-17,19H2,1-3H3/b24-20?,26-18+,29-23?,30-28?. The quantitative estimate of drug-likeness (QED) is 0.542. The fraction of sp³-hybridized carbons (Fsp3) is 0.536. The molecule has 0 saturated carbocycles. The number of amides is 1. The fourth-order valence-corrected chi connectivity index (χ4v) is 5.03. The van der Waals surface area contributed by atoms with E-state index in [0.717, 1.165) is 68.7 Å². The number of carbonyl (C=O) groups is 1. The first-order valence-corrected chi connectivity index (χ1v) is 12.6. The summed E-state index contributed by atoms with van der Waals surface area (Å²) in [6, 6.07) is 8.31. The summed E-state index contributed by atoms with van der Waals surface area (Å²) >= 11 is 0. The molecule has 1 saturated heterocycles. The van der Waals surface area contributed by atoms with Crippen molar-refractivity contribution in [2.45, 2.75) is 72.1 Å². The molecule has 33 heavy (non-hydrogen) atoms. The van der Waals surface area contributed by atoms with Crippen LogP contribution in [-0.4, -0.2) is 42.1 Å². The van der Waals surface area contributed by atoms with Gasteiger partial charge in [-0.2, -0.15) is 0 Å². The number of fused-ring (bicyclic) bond motifs is 1. The maximum absolute atomic E-state index is 12.7. The Bertz CT molecular complexity index is 996. The van der Waals surface area contributed by atoms with Crippen molar-refractivity contribution in [3.63, 3.8) is 0 Å². The lowest BCUT2D eigenvalue weighted by molar-refractivity contribution is -0.113. The Hall–Kier alpha value is -2.69. The van der Waals surface area contributed by atoms with Crippen molar-refractivity contribution in [2.75, 3.05) is 19.7 Å². The molecule has 1 amide bonds. The summed E-state index contributed by atoms with van der Waals surface area (Å²) in [6.07, 6.45) is 9.90. The number of carbonyl (C=O) groups excluding carboxylic acids is 1. The van der Waals surface area contributed by atoms with Crippen LogP contribution in [0.1, 0.15) is 71.3 Å². The Labute approximate surface area is 198 Å². The lowest BCUT2D eigenvalue weighted by atomic mass is 9.96. The predicted molar refractivity (Wildman–Crippen MR) is 135 cm³/mol. The molecule has 0 spiro atoms. The largest absolute Gasteiger partial charge is 0.471 e. The minimum atomic E-state index is -0.160. The van der Waals surface area contributed by atoms with Crippen molar-refractivity contribution in [3.8, 4) is 0 Å². The molecule has 0 aliphatic carbocycles. The third kappa shape index (κ3) is 5.82. The van der Waals surface area contributed by atoms with E-state index in [4.69, 9.17) is 9.73 Å². The van der Waals surface area contributed by atoms with Gasteiger partial charge in [-0.1, -0.05) is 44.0 Å². The molecular weight excluding hydrogens is 410 g/mol. The van der Waals surface area contributed by atoms with Gasteiger partial charge in [0.25, 0.3) is 5.91 Å². The second-order valence-electron chi connectivity index (χ2n) is 9.56. The zero-order chi connectivity index (χ0) is 23.2. The van der Waals surface area contributed by atoms with Gasteiger partial charge in [0.2, 0.25) is 5.90 Å². The number of aliphatic imine (C=N–C) groups is 2. The van der Waals surface area contributed by atoms with Crippen LogP contribution in [0.5, 0.6) is 0 Å². The van der Waals surface area contributed by atoms with Gasteiger partial charge in [0.05, 0.1) is 11.4 Å². The summed E-state index contributed by atoms with van der Waals surface area (Å²) in [5, 5.41) is 0. The monoisotopic (exact) mass is 447 g/mol. The van der Waals surface area contributed by atoms with E-state index in [2.05, 4.69) is 48.9 Å². The molecule has 1 aromatic rings. The molecular formula is C28H37N3O2. The number of para-hydroxylation sites is 1. The van der Waals surface area contributed by atoms with Gasteiger partial charge in [0, 0.05) is 30.4 Å². The number of allylic oxidation sites excluding steroid dienone is 2. The van der Waals surface area contributed by atoms with Crippen molar-refractivity contribution in [1.29, 1.82) is 0 Å². The summed E-state index contributed by atoms with van der Waals surface area (Å²) in [4.78, 5) is 24.5. The first kappa shape index (κ1) is 23.5. The first-order valence-electron chi connectivity index (χ1n) is 12.6. The molecule has 0 N–H and O–H groups in total. The number of benzene rings is 1. The van der Waals surface area contributed by atoms with E-state index in [-0.39, 0.29) is 5.91 Å². The van der Waals surface area contributed by atoms with Gasteiger partial charge in [-0.3, -0.25) is 4.79 Å². The highest BCUT2D eigenvalue weighted by atomic mass is 16.5. The Morgan fingerprint density at radius 1 is 1.09 bits per heavy atom. The van der Waals surface area contributed by atoms with E-state index in [9.17, 15) is 4.79 Å². The van der Waals surface area contributed by atoms with E-state index in [0.29, 0.717) is 18.4 Å². The second kappa shape index (κ2) is 11.0. The lowest BCUT2D eigenvalue weighted by Crippen LogP contribution is -2.27. The molecule has 0 radical (unpaired) electrons. The molecule has 1 unspecified atom stereocenters. The minimum Gasteiger partial charge on any atom is -0.471 e. The number of aryl methyl sites for hydroxylation is 1. The van der Waals surface area contributed by atoms with Crippen LogP contribution in [-0.2, 0) is 16.0 Å². The van der Waals surface area contributed by atoms with E-state index in [1.54, 1.807) is 6.08 Å². The molecule has 0 aromatic heterocycles. The number of hydrogen-bond donors (Lipinski definition) is 0. The van der Waals surface area contributed by atoms with Crippen molar-refractivity contribution < 1.29 is 9.53 Å². The van der Waals surface area contributed by atoms with Crippen LogP contribution in [0.25, 0.3) is 0 Å². The maximum Gasteiger partial charge on any atom is 0.271 e. The SMILES string of the molecule is CCCC1=C(C)CCc2ccccc2N=C1OCC1=NC(=O)/C=C(/N2CCCC2)C(C)CC1. The van der Waals surface area contributed by atoms with Crippen LogP contribution in [0.4, 0.5) is 5.69 Å². The normalized spacial score (nSPS) is 23.5. The van der Waals surface area contributed by atoms with Crippen LogP contribution in [0.3, 0.4) is 0 Å². The third-order valence-corrected chi connectivity index (χ3v) is 7.01. The molecule has 5 heteroatoms. The highest BCUT2D eigenvalue weighted by molar-refractivity contribution is 6.03. The number of likely N-dealkylation sites (tertiary alicyclic amines) is 1. The molecule has 5 nitrogen and oxygen atoms in total. The fourth-order valence-electron chi connectivity index (χ4n) is 5.03. The molecule has 4 rings (SSSR count). The van der Waals surface area contributed by atoms with Crippen molar-refractivity contribution >= 4 is 23.2 Å². The van der Waals surface area contributed by atoms with Crippen molar-refractivity contribution in [3.05, 3.63) is 52.7 Å². The van der Waals surface area contributed by atoms with E-state index in [1.165, 1.54) is 29.6 Å². The van der Waals surface area contributed by atoms with Gasteiger partial charge >= 0.3 is 0 Å². The van der Waals surface area contributed by atoms with Gasteiger partial charge in [-0.05, 0) is 69.4 Å². The van der Waals surface area contributed by atoms with Crippen LogP contribution in [0.2, 0.25) is 0 Å². The Morgan fingerprint density at radius 2 is 1.88 bits per heavy atom. The average molecular weight is 448 g/mol. The smallest absolute Gasteiger partial charge is 0.271 e. The van der Waals surface area contributed by atoms with Crippen molar-refractivity contribution in [1.82, 2.24) is 4.90 Å². The zero-order valence-electron chi connectivity index (χ0n) is 20.4. The topological polar surface area (TPSA) is 54.3 Å². The summed E-state index contributed by atoms with van der Waals surface area (Å²) in [7, 11) is 0. The summed E-state index contributed by atoms with van der Waals surface area (Å²) < 4.78 is 6.34. The summed E-state index contributed by atoms with van der Waals surface area (Å²) in [5.74, 6) is 0.883. The number of rotatable bonds is 5. The average Bonchev–Trinajstić information content (AvgIpc) is 3.33. The van der Waals surface area contributed by atoms with Gasteiger partial charge in [-0.15, -0.1) is 0 Å².